The molecule has 0 radical (unpaired) electrons. The van der Waals surface area contributed by atoms with E-state index in [0.29, 0.717) is 0 Å². The number of halogens is 3. The summed E-state index contributed by atoms with van der Waals surface area (Å²) in [5, 5.41) is 11.4. The highest BCUT2D eigenvalue weighted by molar-refractivity contribution is 5.95. The van der Waals surface area contributed by atoms with Crippen LogP contribution in [0, 0.1) is 11.3 Å². The van der Waals surface area contributed by atoms with Crippen molar-refractivity contribution in [2.24, 2.45) is 0 Å². The van der Waals surface area contributed by atoms with E-state index < -0.39 is 24.2 Å². The van der Waals surface area contributed by atoms with Gasteiger partial charge in [0.05, 0.1) is 11.6 Å². The minimum Gasteiger partial charge on any atom is -0.352 e. The first-order valence-electron chi connectivity index (χ1n) is 7.37. The van der Waals surface area contributed by atoms with Crippen LogP contribution in [-0.4, -0.2) is 41.5 Å². The molecule has 128 valence electrons. The average molecular weight is 339 g/mol. The van der Waals surface area contributed by atoms with Gasteiger partial charge in [-0.15, -0.1) is 0 Å². The lowest BCUT2D eigenvalue weighted by molar-refractivity contribution is -0.184. The number of likely N-dealkylation sites (tertiary alicyclic amines) is 1. The lowest BCUT2D eigenvalue weighted by Crippen LogP contribution is -2.58. The summed E-state index contributed by atoms with van der Waals surface area (Å²) in [5.41, 5.74) is 0.214. The van der Waals surface area contributed by atoms with Crippen LogP contribution in [0.4, 0.5) is 13.2 Å². The molecule has 0 spiro atoms. The van der Waals surface area contributed by atoms with E-state index in [4.69, 9.17) is 5.26 Å². The third-order valence-electron chi connectivity index (χ3n) is 3.87. The predicted molar refractivity (Wildman–Crippen MR) is 78.9 cm³/mol. The number of nitrogens with zero attached hydrogens (tertiary/aromatic N) is 2. The summed E-state index contributed by atoms with van der Waals surface area (Å²) < 4.78 is 39.8. The second-order valence-electron chi connectivity index (χ2n) is 5.68. The number of nitrogens with one attached hydrogen (secondary N) is 1. The Bertz CT molecular complexity index is 682. The summed E-state index contributed by atoms with van der Waals surface area (Å²) in [6.45, 7) is 1.05. The van der Waals surface area contributed by atoms with E-state index in [1.807, 2.05) is 6.07 Å². The van der Waals surface area contributed by atoms with Crippen molar-refractivity contribution in [1.29, 1.82) is 5.26 Å². The van der Waals surface area contributed by atoms with Crippen LogP contribution in [0.25, 0.3) is 0 Å². The largest absolute Gasteiger partial charge is 0.408 e. The molecule has 1 saturated heterocycles. The molecule has 1 fully saturated rings. The molecule has 1 aliphatic heterocycles. The van der Waals surface area contributed by atoms with E-state index in [1.165, 1.54) is 31.2 Å². The normalized spacial score (nSPS) is 21.0. The molecule has 0 aromatic heterocycles. The Balaban J connectivity index is 2.30. The first kappa shape index (κ1) is 17.8. The van der Waals surface area contributed by atoms with Gasteiger partial charge >= 0.3 is 6.18 Å². The van der Waals surface area contributed by atoms with Crippen molar-refractivity contribution < 1.29 is 22.8 Å². The third-order valence-corrected chi connectivity index (χ3v) is 3.87. The van der Waals surface area contributed by atoms with Crippen molar-refractivity contribution in [3.05, 3.63) is 35.4 Å². The molecule has 0 unspecified atom stereocenters. The number of amides is 2. The number of alkyl halides is 3. The van der Waals surface area contributed by atoms with E-state index in [0.717, 1.165) is 4.90 Å². The van der Waals surface area contributed by atoms with Crippen LogP contribution in [0.2, 0.25) is 0 Å². The van der Waals surface area contributed by atoms with E-state index in [1.54, 1.807) is 0 Å². The fourth-order valence-electron chi connectivity index (χ4n) is 2.83. The Labute approximate surface area is 137 Å². The minimum atomic E-state index is -4.55. The van der Waals surface area contributed by atoms with Crippen LogP contribution in [0.15, 0.2) is 24.3 Å². The molecule has 2 rings (SSSR count). The second kappa shape index (κ2) is 6.91. The number of benzene rings is 1. The van der Waals surface area contributed by atoms with Crippen LogP contribution in [-0.2, 0) is 4.79 Å². The van der Waals surface area contributed by atoms with Gasteiger partial charge in [-0.25, -0.2) is 0 Å². The molecule has 1 heterocycles. The van der Waals surface area contributed by atoms with Gasteiger partial charge in [-0.1, -0.05) is 6.07 Å². The van der Waals surface area contributed by atoms with Crippen LogP contribution in [0.5, 0.6) is 0 Å². The summed E-state index contributed by atoms with van der Waals surface area (Å²) >= 11 is 0. The summed E-state index contributed by atoms with van der Waals surface area (Å²) in [6, 6.07) is 4.98. The molecular formula is C16H16F3N3O2. The van der Waals surface area contributed by atoms with Crippen LogP contribution >= 0.6 is 0 Å². The molecule has 8 heteroatoms. The molecule has 2 amide bonds. The maximum Gasteiger partial charge on any atom is 0.408 e. The highest BCUT2D eigenvalue weighted by Gasteiger charge is 2.48. The van der Waals surface area contributed by atoms with Crippen LogP contribution < -0.4 is 5.32 Å². The summed E-state index contributed by atoms with van der Waals surface area (Å²) in [6.07, 6.45) is -4.69. The minimum absolute atomic E-state index is 0.0202. The predicted octanol–water partition coefficient (Wildman–Crippen LogP) is 2.23. The van der Waals surface area contributed by atoms with Crippen molar-refractivity contribution in [1.82, 2.24) is 10.2 Å². The molecule has 2 atom stereocenters. The number of carbonyl (C=O) groups excluding carboxylic acids is 2. The van der Waals surface area contributed by atoms with Crippen LogP contribution in [0.1, 0.15) is 35.7 Å². The second-order valence-corrected chi connectivity index (χ2v) is 5.68. The van der Waals surface area contributed by atoms with Crippen LogP contribution in [0.3, 0.4) is 0 Å². The molecule has 24 heavy (non-hydrogen) atoms. The summed E-state index contributed by atoms with van der Waals surface area (Å²) in [7, 11) is 0. The van der Waals surface area contributed by atoms with Gasteiger partial charge in [0.2, 0.25) is 5.91 Å². The summed E-state index contributed by atoms with van der Waals surface area (Å²) in [4.78, 5) is 24.4. The Morgan fingerprint density at radius 2 is 2.04 bits per heavy atom. The maximum absolute atomic E-state index is 13.3. The number of rotatable bonds is 2. The van der Waals surface area contributed by atoms with E-state index >= 15 is 0 Å². The zero-order valence-corrected chi connectivity index (χ0v) is 12.9. The fourth-order valence-corrected chi connectivity index (χ4v) is 2.83. The van der Waals surface area contributed by atoms with Gasteiger partial charge in [-0.05, 0) is 31.0 Å². The zero-order chi connectivity index (χ0) is 17.9. The molecule has 5 nitrogen and oxygen atoms in total. The van der Waals surface area contributed by atoms with Gasteiger partial charge in [-0.2, -0.15) is 18.4 Å². The molecule has 0 saturated carbocycles. The van der Waals surface area contributed by atoms with Gasteiger partial charge in [-0.3, -0.25) is 9.59 Å². The standard InChI is InChI=1S/C16H16F3N3O2/c1-10(23)21-13-5-6-14(16(17,18)19)22(9-13)15(24)12-4-2-3-11(7-12)8-20/h2-4,7,13-14H,5-6,9H2,1H3,(H,21,23)/t13-,14-/m0/s1. The monoisotopic (exact) mass is 339 g/mol. The van der Waals surface area contributed by atoms with Crippen molar-refractivity contribution in [3.8, 4) is 6.07 Å². The van der Waals surface area contributed by atoms with Crippen molar-refractivity contribution in [2.45, 2.75) is 38.0 Å². The Kier molecular flexibility index (Phi) is 5.12. The molecule has 1 aromatic rings. The van der Waals surface area contributed by atoms with Crippen molar-refractivity contribution in [3.63, 3.8) is 0 Å². The Morgan fingerprint density at radius 3 is 2.62 bits per heavy atom. The smallest absolute Gasteiger partial charge is 0.352 e. The molecule has 1 aromatic carbocycles. The van der Waals surface area contributed by atoms with Gasteiger partial charge in [0.1, 0.15) is 6.04 Å². The zero-order valence-electron chi connectivity index (χ0n) is 12.9. The van der Waals surface area contributed by atoms with Gasteiger partial charge in [0.25, 0.3) is 5.91 Å². The Hall–Kier alpha value is -2.56. The maximum atomic E-state index is 13.3. The third kappa shape index (κ3) is 4.04. The summed E-state index contributed by atoms with van der Waals surface area (Å²) in [5.74, 6) is -1.16. The van der Waals surface area contributed by atoms with Gasteiger partial charge < -0.3 is 10.2 Å². The van der Waals surface area contributed by atoms with Gasteiger partial charge in [0.15, 0.2) is 0 Å². The van der Waals surface area contributed by atoms with Crippen molar-refractivity contribution in [2.75, 3.05) is 6.54 Å². The first-order valence-corrected chi connectivity index (χ1v) is 7.37. The highest BCUT2D eigenvalue weighted by atomic mass is 19.4. The average Bonchev–Trinajstić information content (AvgIpc) is 2.52. The molecule has 0 bridgehead atoms. The SMILES string of the molecule is CC(=O)N[C@H]1CC[C@@H](C(F)(F)F)N(C(=O)c2cccc(C#N)c2)C1. The lowest BCUT2D eigenvalue weighted by Gasteiger charge is -2.40. The quantitative estimate of drug-likeness (QED) is 0.898. The van der Waals surface area contributed by atoms with Gasteiger partial charge in [0, 0.05) is 25.1 Å². The highest BCUT2D eigenvalue weighted by Crippen LogP contribution is 2.33. The molecule has 1 N–H and O–H groups in total. The van der Waals surface area contributed by atoms with E-state index in [9.17, 15) is 22.8 Å². The number of piperidine rings is 1. The molecule has 1 aliphatic rings. The number of nitriles is 1. The van der Waals surface area contributed by atoms with E-state index in [2.05, 4.69) is 5.32 Å². The molecular weight excluding hydrogens is 323 g/mol. The first-order chi connectivity index (χ1) is 11.2. The van der Waals surface area contributed by atoms with E-state index in [-0.39, 0.29) is 36.4 Å². The fraction of sp³-hybridized carbons (Fsp3) is 0.438. The number of carbonyl (C=O) groups is 2. The lowest BCUT2D eigenvalue weighted by atomic mass is 9.96. The number of hydrogen-bond donors (Lipinski definition) is 1. The van der Waals surface area contributed by atoms with Crippen molar-refractivity contribution >= 4 is 11.8 Å². The molecule has 0 aliphatic carbocycles. The Morgan fingerprint density at radius 1 is 1.33 bits per heavy atom. The number of hydrogen-bond acceptors (Lipinski definition) is 3. The topological polar surface area (TPSA) is 73.2 Å².